The Bertz CT molecular complexity index is 444. The lowest BCUT2D eigenvalue weighted by Gasteiger charge is -2.21. The average Bonchev–Trinajstić information content (AvgIpc) is 2.88. The van der Waals surface area contributed by atoms with Gasteiger partial charge in [-0.2, -0.15) is 0 Å². The lowest BCUT2D eigenvalue weighted by atomic mass is 10.3. The fourth-order valence-electron chi connectivity index (χ4n) is 1.77. The summed E-state index contributed by atoms with van der Waals surface area (Å²) in [6, 6.07) is 3.41. The van der Waals surface area contributed by atoms with Crippen LogP contribution < -0.4 is 0 Å². The minimum Gasteiger partial charge on any atom is -0.480 e. The predicted molar refractivity (Wildman–Crippen MR) is 71.7 cm³/mol. The van der Waals surface area contributed by atoms with Gasteiger partial charge in [-0.3, -0.25) is 9.59 Å². The van der Waals surface area contributed by atoms with E-state index in [1.807, 2.05) is 0 Å². The highest BCUT2D eigenvalue weighted by Crippen LogP contribution is 2.07. The molecule has 1 heterocycles. The van der Waals surface area contributed by atoms with E-state index in [0.717, 1.165) is 0 Å². The monoisotopic (exact) mass is 284 g/mol. The Hall–Kier alpha value is -1.86. The van der Waals surface area contributed by atoms with E-state index in [9.17, 15) is 9.59 Å². The lowest BCUT2D eigenvalue weighted by molar-refractivity contribution is -0.137. The SMILES string of the molecule is COCCN(CC(=O)O)C(=O)c1cccn1CCOC. The fourth-order valence-corrected chi connectivity index (χ4v) is 1.77. The zero-order valence-corrected chi connectivity index (χ0v) is 11.7. The van der Waals surface area contributed by atoms with Gasteiger partial charge in [0, 0.05) is 33.5 Å². The Kier molecular flexibility index (Phi) is 6.75. The van der Waals surface area contributed by atoms with Crippen molar-refractivity contribution in [3.05, 3.63) is 24.0 Å². The van der Waals surface area contributed by atoms with Gasteiger partial charge in [-0.05, 0) is 12.1 Å². The number of hydrogen-bond acceptors (Lipinski definition) is 4. The molecule has 7 heteroatoms. The molecular formula is C13H20N2O5. The molecule has 20 heavy (non-hydrogen) atoms. The maximum atomic E-state index is 12.4. The van der Waals surface area contributed by atoms with Crippen LogP contribution in [0, 0.1) is 0 Å². The number of carbonyl (C=O) groups is 2. The standard InChI is InChI=1S/C13H20N2O5/c1-19-8-6-14-5-3-4-11(14)13(18)15(7-9-20-2)10-12(16)17/h3-5H,6-10H2,1-2H3,(H,16,17). The highest BCUT2D eigenvalue weighted by molar-refractivity contribution is 5.94. The topological polar surface area (TPSA) is 81.0 Å². The number of nitrogens with zero attached hydrogens (tertiary/aromatic N) is 2. The normalized spacial score (nSPS) is 10.5. The quantitative estimate of drug-likeness (QED) is 0.705. The lowest BCUT2D eigenvalue weighted by Crippen LogP contribution is -2.39. The van der Waals surface area contributed by atoms with Gasteiger partial charge in [-0.1, -0.05) is 0 Å². The molecule has 0 saturated heterocycles. The Morgan fingerprint density at radius 1 is 1.30 bits per heavy atom. The number of aliphatic carboxylic acids is 1. The molecule has 1 aromatic heterocycles. The van der Waals surface area contributed by atoms with Crippen LogP contribution in [0.4, 0.5) is 0 Å². The van der Waals surface area contributed by atoms with Crippen molar-refractivity contribution < 1.29 is 24.2 Å². The smallest absolute Gasteiger partial charge is 0.323 e. The molecule has 0 aliphatic heterocycles. The molecule has 1 aromatic rings. The van der Waals surface area contributed by atoms with Crippen LogP contribution in [0.15, 0.2) is 18.3 Å². The first-order valence-corrected chi connectivity index (χ1v) is 6.24. The Balaban J connectivity index is 2.82. The molecule has 0 saturated carbocycles. The van der Waals surface area contributed by atoms with Gasteiger partial charge in [-0.15, -0.1) is 0 Å². The summed E-state index contributed by atoms with van der Waals surface area (Å²) in [6.07, 6.45) is 1.77. The van der Waals surface area contributed by atoms with Gasteiger partial charge in [-0.25, -0.2) is 0 Å². The fraction of sp³-hybridized carbons (Fsp3) is 0.538. The molecule has 1 N–H and O–H groups in total. The Morgan fingerprint density at radius 3 is 2.60 bits per heavy atom. The van der Waals surface area contributed by atoms with Crippen molar-refractivity contribution >= 4 is 11.9 Å². The second-order valence-electron chi connectivity index (χ2n) is 4.19. The van der Waals surface area contributed by atoms with E-state index in [2.05, 4.69) is 0 Å². The summed E-state index contributed by atoms with van der Waals surface area (Å²) >= 11 is 0. The predicted octanol–water partition coefficient (Wildman–Crippen LogP) is 0.308. The van der Waals surface area contributed by atoms with Crippen LogP contribution in [0.25, 0.3) is 0 Å². The van der Waals surface area contributed by atoms with Gasteiger partial charge in [0.05, 0.1) is 13.2 Å². The summed E-state index contributed by atoms with van der Waals surface area (Å²) in [4.78, 5) is 24.5. The summed E-state index contributed by atoms with van der Waals surface area (Å²) in [6.45, 7) is 1.19. The molecule has 0 spiro atoms. The number of amides is 1. The van der Waals surface area contributed by atoms with E-state index in [1.165, 1.54) is 12.0 Å². The minimum absolute atomic E-state index is 0.233. The molecule has 0 atom stereocenters. The number of carbonyl (C=O) groups excluding carboxylic acids is 1. The zero-order valence-electron chi connectivity index (χ0n) is 11.7. The average molecular weight is 284 g/mol. The number of rotatable bonds is 9. The van der Waals surface area contributed by atoms with E-state index >= 15 is 0 Å². The minimum atomic E-state index is -1.05. The summed E-state index contributed by atoms with van der Waals surface area (Å²) in [5.41, 5.74) is 0.444. The van der Waals surface area contributed by atoms with Crippen LogP contribution in [0.1, 0.15) is 10.5 Å². The number of ether oxygens (including phenoxy) is 2. The van der Waals surface area contributed by atoms with Crippen LogP contribution >= 0.6 is 0 Å². The molecule has 7 nitrogen and oxygen atoms in total. The molecule has 0 aliphatic carbocycles. The molecule has 0 aromatic carbocycles. The van der Waals surface area contributed by atoms with Gasteiger partial charge >= 0.3 is 5.97 Å². The van der Waals surface area contributed by atoms with Crippen LogP contribution in [0.2, 0.25) is 0 Å². The van der Waals surface area contributed by atoms with Crippen molar-refractivity contribution in [1.82, 2.24) is 9.47 Å². The van der Waals surface area contributed by atoms with Gasteiger partial charge < -0.3 is 24.0 Å². The second kappa shape index (κ2) is 8.34. The van der Waals surface area contributed by atoms with E-state index in [4.69, 9.17) is 14.6 Å². The van der Waals surface area contributed by atoms with Crippen LogP contribution in [0.3, 0.4) is 0 Å². The molecule has 1 rings (SSSR count). The molecule has 0 radical (unpaired) electrons. The molecule has 0 aliphatic rings. The Morgan fingerprint density at radius 2 is 2.00 bits per heavy atom. The van der Waals surface area contributed by atoms with Gasteiger partial charge in [0.2, 0.25) is 0 Å². The first kappa shape index (κ1) is 16.2. The first-order chi connectivity index (χ1) is 9.60. The maximum absolute atomic E-state index is 12.4. The summed E-state index contributed by atoms with van der Waals surface area (Å²) in [5.74, 6) is -1.38. The maximum Gasteiger partial charge on any atom is 0.323 e. The first-order valence-electron chi connectivity index (χ1n) is 6.24. The number of aromatic nitrogens is 1. The van der Waals surface area contributed by atoms with Gasteiger partial charge in [0.1, 0.15) is 12.2 Å². The third-order valence-corrected chi connectivity index (χ3v) is 2.76. The highest BCUT2D eigenvalue weighted by Gasteiger charge is 2.20. The largest absolute Gasteiger partial charge is 0.480 e. The molecule has 0 fully saturated rings. The van der Waals surface area contributed by atoms with E-state index in [-0.39, 0.29) is 25.6 Å². The van der Waals surface area contributed by atoms with E-state index in [0.29, 0.717) is 18.8 Å². The molecule has 112 valence electrons. The Labute approximate surface area is 117 Å². The highest BCUT2D eigenvalue weighted by atomic mass is 16.5. The zero-order chi connectivity index (χ0) is 15.0. The third-order valence-electron chi connectivity index (χ3n) is 2.76. The summed E-state index contributed by atoms with van der Waals surface area (Å²) < 4.78 is 11.6. The van der Waals surface area contributed by atoms with Crippen LogP contribution in [-0.2, 0) is 20.8 Å². The summed E-state index contributed by atoms with van der Waals surface area (Å²) in [7, 11) is 3.09. The number of carboxylic acids is 1. The van der Waals surface area contributed by atoms with Crippen molar-refractivity contribution in [2.45, 2.75) is 6.54 Å². The molecule has 0 bridgehead atoms. The van der Waals surface area contributed by atoms with Crippen molar-refractivity contribution in [1.29, 1.82) is 0 Å². The van der Waals surface area contributed by atoms with Gasteiger partial charge in [0.15, 0.2) is 0 Å². The molecule has 0 unspecified atom stereocenters. The number of methoxy groups -OCH3 is 2. The third kappa shape index (κ3) is 4.67. The molecular weight excluding hydrogens is 264 g/mol. The van der Waals surface area contributed by atoms with Crippen molar-refractivity contribution in [3.63, 3.8) is 0 Å². The van der Waals surface area contributed by atoms with Crippen molar-refractivity contribution in [2.75, 3.05) is 40.5 Å². The van der Waals surface area contributed by atoms with Crippen LogP contribution in [0.5, 0.6) is 0 Å². The van der Waals surface area contributed by atoms with E-state index < -0.39 is 5.97 Å². The molecule has 1 amide bonds. The summed E-state index contributed by atoms with van der Waals surface area (Å²) in [5, 5.41) is 8.88. The van der Waals surface area contributed by atoms with E-state index in [1.54, 1.807) is 30.0 Å². The number of carboxylic acid groups (broad SMARTS) is 1. The number of hydrogen-bond donors (Lipinski definition) is 1. The van der Waals surface area contributed by atoms with Crippen molar-refractivity contribution in [2.24, 2.45) is 0 Å². The van der Waals surface area contributed by atoms with Crippen molar-refractivity contribution in [3.8, 4) is 0 Å². The second-order valence-corrected chi connectivity index (χ2v) is 4.19. The van der Waals surface area contributed by atoms with Gasteiger partial charge in [0.25, 0.3) is 5.91 Å². The van der Waals surface area contributed by atoms with Crippen LogP contribution in [-0.4, -0.2) is 67.0 Å².